The molecule has 1 aliphatic rings. The fraction of sp³-hybridized carbons (Fsp3) is 0.333. The Labute approximate surface area is 98.4 Å². The Balaban J connectivity index is 2.23. The monoisotopic (exact) mass is 230 g/mol. The Bertz CT molecular complexity index is 598. The van der Waals surface area contributed by atoms with Crippen LogP contribution in [0.25, 0.3) is 11.0 Å². The average Bonchev–Trinajstić information content (AvgIpc) is 3.04. The van der Waals surface area contributed by atoms with Crippen molar-refractivity contribution in [3.63, 3.8) is 0 Å². The first-order valence-corrected chi connectivity index (χ1v) is 5.69. The van der Waals surface area contributed by atoms with E-state index in [-0.39, 0.29) is 12.5 Å². The second-order valence-corrected chi connectivity index (χ2v) is 4.51. The van der Waals surface area contributed by atoms with Crippen LogP contribution >= 0.6 is 0 Å². The number of para-hydroxylation sites is 1. The lowest BCUT2D eigenvalue weighted by molar-refractivity contribution is -0.118. The number of hydrogen-bond acceptors (Lipinski definition) is 3. The van der Waals surface area contributed by atoms with Crippen LogP contribution in [0.4, 0.5) is 5.69 Å². The number of nitrogen functional groups attached to an aromatic ring is 1. The van der Waals surface area contributed by atoms with Crippen molar-refractivity contribution in [2.75, 3.05) is 5.73 Å². The fourth-order valence-electron chi connectivity index (χ4n) is 2.16. The van der Waals surface area contributed by atoms with Gasteiger partial charge in [0.1, 0.15) is 17.9 Å². The minimum Gasteiger partial charge on any atom is -0.397 e. The maximum absolute atomic E-state index is 11.1. The second kappa shape index (κ2) is 3.48. The summed E-state index contributed by atoms with van der Waals surface area (Å²) in [4.78, 5) is 15.7. The van der Waals surface area contributed by atoms with Crippen LogP contribution in [0.3, 0.4) is 0 Å². The van der Waals surface area contributed by atoms with Gasteiger partial charge in [0.05, 0.1) is 11.2 Å². The van der Waals surface area contributed by atoms with E-state index in [1.54, 1.807) is 0 Å². The van der Waals surface area contributed by atoms with Crippen LogP contribution in [0, 0.1) is 0 Å². The van der Waals surface area contributed by atoms with Crippen LogP contribution in [-0.4, -0.2) is 15.5 Å². The molecule has 5 heteroatoms. The van der Waals surface area contributed by atoms with E-state index in [1.807, 2.05) is 22.8 Å². The summed E-state index contributed by atoms with van der Waals surface area (Å²) >= 11 is 0. The number of primary amides is 1. The molecule has 88 valence electrons. The van der Waals surface area contributed by atoms with Gasteiger partial charge in [-0.15, -0.1) is 0 Å². The molecule has 3 rings (SSSR count). The van der Waals surface area contributed by atoms with E-state index in [9.17, 15) is 4.79 Å². The lowest BCUT2D eigenvalue weighted by Gasteiger charge is -2.05. The van der Waals surface area contributed by atoms with E-state index >= 15 is 0 Å². The zero-order valence-electron chi connectivity index (χ0n) is 9.39. The molecule has 1 amide bonds. The molecule has 1 fully saturated rings. The predicted molar refractivity (Wildman–Crippen MR) is 65.3 cm³/mol. The molecular formula is C12H14N4O. The highest BCUT2D eigenvalue weighted by Gasteiger charge is 2.30. The summed E-state index contributed by atoms with van der Waals surface area (Å²) in [6.07, 6.45) is 2.25. The summed E-state index contributed by atoms with van der Waals surface area (Å²) in [7, 11) is 0. The van der Waals surface area contributed by atoms with Gasteiger partial charge in [-0.2, -0.15) is 0 Å². The highest BCUT2D eigenvalue weighted by molar-refractivity contribution is 5.89. The molecule has 0 bridgehead atoms. The van der Waals surface area contributed by atoms with Gasteiger partial charge in [0.2, 0.25) is 5.91 Å². The molecule has 1 aromatic carbocycles. The first-order chi connectivity index (χ1) is 8.16. The highest BCUT2D eigenvalue weighted by Crippen LogP contribution is 2.41. The molecule has 0 radical (unpaired) electrons. The molecule has 1 aromatic heterocycles. The molecule has 1 aliphatic carbocycles. The fourth-order valence-corrected chi connectivity index (χ4v) is 2.16. The predicted octanol–water partition coefficient (Wildman–Crippen LogP) is 0.981. The number of hydrogen-bond donors (Lipinski definition) is 2. The Morgan fingerprint density at radius 1 is 1.47 bits per heavy atom. The first kappa shape index (κ1) is 10.1. The van der Waals surface area contributed by atoms with E-state index in [0.717, 1.165) is 29.7 Å². The maximum atomic E-state index is 11.1. The van der Waals surface area contributed by atoms with E-state index < -0.39 is 0 Å². The topological polar surface area (TPSA) is 86.9 Å². The number of amides is 1. The Hall–Kier alpha value is -2.04. The number of aromatic nitrogens is 2. The van der Waals surface area contributed by atoms with E-state index in [2.05, 4.69) is 4.98 Å². The van der Waals surface area contributed by atoms with Gasteiger partial charge < -0.3 is 16.0 Å². The number of nitrogens with zero attached hydrogens (tertiary/aromatic N) is 2. The smallest absolute Gasteiger partial charge is 0.237 e. The lowest BCUT2D eigenvalue weighted by Crippen LogP contribution is -2.19. The Morgan fingerprint density at radius 2 is 2.24 bits per heavy atom. The summed E-state index contributed by atoms with van der Waals surface area (Å²) < 4.78 is 1.89. The second-order valence-electron chi connectivity index (χ2n) is 4.51. The number of anilines is 1. The van der Waals surface area contributed by atoms with E-state index in [1.165, 1.54) is 0 Å². The lowest BCUT2D eigenvalue weighted by atomic mass is 10.3. The molecule has 0 saturated heterocycles. The molecule has 0 aliphatic heterocycles. The number of carbonyl (C=O) groups is 1. The number of imidazole rings is 1. The minimum absolute atomic E-state index is 0.172. The number of nitrogens with two attached hydrogens (primary N) is 2. The van der Waals surface area contributed by atoms with Gasteiger partial charge in [-0.05, 0) is 25.0 Å². The summed E-state index contributed by atoms with van der Waals surface area (Å²) in [6.45, 7) is 0.172. The van der Waals surface area contributed by atoms with Crippen LogP contribution in [0.1, 0.15) is 24.6 Å². The molecule has 4 N–H and O–H groups in total. The number of benzene rings is 1. The molecular weight excluding hydrogens is 216 g/mol. The van der Waals surface area contributed by atoms with Crippen molar-refractivity contribution in [3.8, 4) is 0 Å². The van der Waals surface area contributed by atoms with Crippen molar-refractivity contribution in [2.45, 2.75) is 25.3 Å². The van der Waals surface area contributed by atoms with Crippen LogP contribution in [0.5, 0.6) is 0 Å². The largest absolute Gasteiger partial charge is 0.397 e. The Morgan fingerprint density at radius 3 is 2.88 bits per heavy atom. The zero-order valence-corrected chi connectivity index (χ0v) is 9.39. The van der Waals surface area contributed by atoms with Crippen molar-refractivity contribution in [3.05, 3.63) is 24.0 Å². The summed E-state index contributed by atoms with van der Waals surface area (Å²) in [5.74, 6) is 1.05. The molecule has 0 spiro atoms. The normalized spacial score (nSPS) is 15.3. The summed E-state index contributed by atoms with van der Waals surface area (Å²) in [5.41, 5.74) is 13.5. The molecule has 0 atom stereocenters. The van der Waals surface area contributed by atoms with Gasteiger partial charge in [-0.1, -0.05) is 6.07 Å². The van der Waals surface area contributed by atoms with Gasteiger partial charge in [-0.25, -0.2) is 4.98 Å². The first-order valence-electron chi connectivity index (χ1n) is 5.69. The maximum Gasteiger partial charge on any atom is 0.237 e. The summed E-state index contributed by atoms with van der Waals surface area (Å²) in [6, 6.07) is 5.61. The van der Waals surface area contributed by atoms with Gasteiger partial charge >= 0.3 is 0 Å². The Kier molecular flexibility index (Phi) is 2.07. The van der Waals surface area contributed by atoms with Crippen LogP contribution in [0.2, 0.25) is 0 Å². The zero-order chi connectivity index (χ0) is 12.0. The molecule has 0 unspecified atom stereocenters. The molecule has 1 heterocycles. The quantitative estimate of drug-likeness (QED) is 0.770. The molecule has 5 nitrogen and oxygen atoms in total. The SMILES string of the molecule is NC(=O)Cn1c(C2CC2)nc2c(N)cccc21. The molecule has 2 aromatic rings. The van der Waals surface area contributed by atoms with Gasteiger partial charge in [0, 0.05) is 5.92 Å². The highest BCUT2D eigenvalue weighted by atomic mass is 16.1. The number of fused-ring (bicyclic) bond motifs is 1. The van der Waals surface area contributed by atoms with Crippen molar-refractivity contribution in [1.29, 1.82) is 0 Å². The molecule has 17 heavy (non-hydrogen) atoms. The third-order valence-corrected chi connectivity index (χ3v) is 3.10. The number of rotatable bonds is 3. The van der Waals surface area contributed by atoms with Crippen molar-refractivity contribution < 1.29 is 4.79 Å². The van der Waals surface area contributed by atoms with Gasteiger partial charge in [-0.3, -0.25) is 4.79 Å². The summed E-state index contributed by atoms with van der Waals surface area (Å²) in [5, 5.41) is 0. The van der Waals surface area contributed by atoms with E-state index in [0.29, 0.717) is 11.6 Å². The third kappa shape index (κ3) is 1.63. The standard InChI is InChI=1S/C12H14N4O/c13-8-2-1-3-9-11(8)15-12(7-4-5-7)16(9)6-10(14)17/h1-3,7H,4-6,13H2,(H2,14,17). The van der Waals surface area contributed by atoms with Crippen molar-refractivity contribution >= 4 is 22.6 Å². The van der Waals surface area contributed by atoms with Gasteiger partial charge in [0.15, 0.2) is 0 Å². The molecule has 1 saturated carbocycles. The number of carbonyl (C=O) groups excluding carboxylic acids is 1. The van der Waals surface area contributed by atoms with Crippen LogP contribution < -0.4 is 11.5 Å². The van der Waals surface area contributed by atoms with Crippen LogP contribution in [0.15, 0.2) is 18.2 Å². The average molecular weight is 230 g/mol. The van der Waals surface area contributed by atoms with Gasteiger partial charge in [0.25, 0.3) is 0 Å². The third-order valence-electron chi connectivity index (χ3n) is 3.10. The van der Waals surface area contributed by atoms with Crippen molar-refractivity contribution in [2.24, 2.45) is 5.73 Å². The minimum atomic E-state index is -0.353. The van der Waals surface area contributed by atoms with Crippen molar-refractivity contribution in [1.82, 2.24) is 9.55 Å². The van der Waals surface area contributed by atoms with E-state index in [4.69, 9.17) is 11.5 Å². The van der Waals surface area contributed by atoms with Crippen LogP contribution in [-0.2, 0) is 11.3 Å².